The Kier molecular flexibility index (Phi) is 6.25. The molecule has 0 unspecified atom stereocenters. The summed E-state index contributed by atoms with van der Waals surface area (Å²) in [5.74, 6) is 1.80. The maximum atomic E-state index is 12.7. The van der Waals surface area contributed by atoms with Crippen LogP contribution in [0.4, 0.5) is 0 Å². The van der Waals surface area contributed by atoms with Gasteiger partial charge in [0, 0.05) is 51.9 Å². The quantitative estimate of drug-likeness (QED) is 0.726. The fraction of sp³-hybridized carbons (Fsp3) is 0.700. The van der Waals surface area contributed by atoms with Crippen molar-refractivity contribution >= 4 is 5.91 Å². The van der Waals surface area contributed by atoms with E-state index in [1.807, 2.05) is 18.9 Å². The number of carbonyl (C=O) groups excluding carboxylic acids is 1. The van der Waals surface area contributed by atoms with Crippen molar-refractivity contribution in [2.24, 2.45) is 7.05 Å². The first-order chi connectivity index (χ1) is 14.1. The summed E-state index contributed by atoms with van der Waals surface area (Å²) in [6, 6.07) is 0. The number of amides is 1. The van der Waals surface area contributed by atoms with Gasteiger partial charge in [-0.2, -0.15) is 10.1 Å². The van der Waals surface area contributed by atoms with Gasteiger partial charge in [-0.15, -0.1) is 0 Å². The van der Waals surface area contributed by atoms with Crippen molar-refractivity contribution in [2.45, 2.75) is 51.0 Å². The Balaban J connectivity index is 1.19. The third-order valence-electron chi connectivity index (χ3n) is 5.71. The van der Waals surface area contributed by atoms with Gasteiger partial charge in [-0.1, -0.05) is 5.16 Å². The molecule has 0 atom stereocenters. The summed E-state index contributed by atoms with van der Waals surface area (Å²) in [4.78, 5) is 19.1. The van der Waals surface area contributed by atoms with Gasteiger partial charge in [0.15, 0.2) is 5.82 Å². The molecule has 2 aliphatic heterocycles. The van der Waals surface area contributed by atoms with Crippen LogP contribution in [-0.4, -0.2) is 69.7 Å². The molecule has 9 heteroatoms. The smallest absolute Gasteiger partial charge is 0.257 e. The number of aryl methyl sites for hydroxylation is 2. The van der Waals surface area contributed by atoms with Crippen molar-refractivity contribution in [1.82, 2.24) is 24.8 Å². The first-order valence-electron chi connectivity index (χ1n) is 10.4. The number of piperidine rings is 1. The van der Waals surface area contributed by atoms with Crippen molar-refractivity contribution in [3.8, 4) is 0 Å². The molecule has 2 fully saturated rings. The Morgan fingerprint density at radius 1 is 1.24 bits per heavy atom. The lowest BCUT2D eigenvalue weighted by molar-refractivity contribution is 0.00945. The second-order valence-corrected chi connectivity index (χ2v) is 7.85. The van der Waals surface area contributed by atoms with E-state index in [-0.39, 0.29) is 12.0 Å². The van der Waals surface area contributed by atoms with E-state index in [1.165, 1.54) is 0 Å². The summed E-state index contributed by atoms with van der Waals surface area (Å²) < 4.78 is 18.5. The summed E-state index contributed by atoms with van der Waals surface area (Å²) in [6.45, 7) is 5.35. The third kappa shape index (κ3) is 4.84. The Bertz CT molecular complexity index is 819. The molecule has 2 saturated heterocycles. The van der Waals surface area contributed by atoms with Gasteiger partial charge in [-0.3, -0.25) is 9.48 Å². The lowest BCUT2D eigenvalue weighted by Crippen LogP contribution is -2.41. The Morgan fingerprint density at radius 3 is 2.69 bits per heavy atom. The normalized spacial score (nSPS) is 19.0. The van der Waals surface area contributed by atoms with Crippen molar-refractivity contribution in [1.29, 1.82) is 0 Å². The van der Waals surface area contributed by atoms with Gasteiger partial charge >= 0.3 is 0 Å². The van der Waals surface area contributed by atoms with Gasteiger partial charge in [0.2, 0.25) is 5.89 Å². The van der Waals surface area contributed by atoms with Gasteiger partial charge in [-0.25, -0.2) is 0 Å². The monoisotopic (exact) mass is 403 g/mol. The van der Waals surface area contributed by atoms with E-state index in [2.05, 4.69) is 15.2 Å². The van der Waals surface area contributed by atoms with E-state index in [1.54, 1.807) is 10.9 Å². The van der Waals surface area contributed by atoms with Crippen LogP contribution in [0.5, 0.6) is 0 Å². The average molecular weight is 403 g/mol. The molecule has 0 spiro atoms. The molecule has 1 amide bonds. The van der Waals surface area contributed by atoms with Crippen LogP contribution in [0.2, 0.25) is 0 Å². The molecular weight excluding hydrogens is 374 g/mol. The zero-order valence-electron chi connectivity index (χ0n) is 17.2. The predicted octanol–water partition coefficient (Wildman–Crippen LogP) is 1.87. The van der Waals surface area contributed by atoms with Crippen LogP contribution in [0, 0.1) is 6.92 Å². The molecule has 4 heterocycles. The number of hydrogen-bond acceptors (Lipinski definition) is 7. The zero-order valence-corrected chi connectivity index (χ0v) is 17.2. The van der Waals surface area contributed by atoms with Gasteiger partial charge < -0.3 is 18.9 Å². The number of hydrogen-bond donors (Lipinski definition) is 0. The summed E-state index contributed by atoms with van der Waals surface area (Å²) >= 11 is 0. The van der Waals surface area contributed by atoms with E-state index in [0.717, 1.165) is 50.5 Å². The molecule has 0 saturated carbocycles. The maximum absolute atomic E-state index is 12.7. The van der Waals surface area contributed by atoms with Crippen LogP contribution >= 0.6 is 0 Å². The molecule has 9 nitrogen and oxygen atoms in total. The molecule has 0 bridgehead atoms. The van der Waals surface area contributed by atoms with Crippen molar-refractivity contribution in [3.05, 3.63) is 29.2 Å². The van der Waals surface area contributed by atoms with Crippen LogP contribution in [0.15, 0.2) is 10.7 Å². The molecule has 0 N–H and O–H groups in total. The first-order valence-corrected chi connectivity index (χ1v) is 10.4. The number of aromatic nitrogens is 4. The highest BCUT2D eigenvalue weighted by atomic mass is 16.5. The zero-order chi connectivity index (χ0) is 20.2. The standard InChI is InChI=1S/C20H29N5O4/c1-14-17(13-24(2)22-14)20(26)25-8-3-16(4-9-25)28-12-7-18-21-19(29-23-18)15-5-10-27-11-6-15/h13,15-16H,3-12H2,1-2H3. The Morgan fingerprint density at radius 2 is 2.00 bits per heavy atom. The minimum absolute atomic E-state index is 0.0569. The highest BCUT2D eigenvalue weighted by Gasteiger charge is 2.26. The lowest BCUT2D eigenvalue weighted by atomic mass is 10.0. The largest absolute Gasteiger partial charge is 0.381 e. The van der Waals surface area contributed by atoms with Gasteiger partial charge in [0.1, 0.15) is 0 Å². The van der Waals surface area contributed by atoms with E-state index in [9.17, 15) is 4.79 Å². The maximum Gasteiger partial charge on any atom is 0.257 e. The first kappa shape index (κ1) is 20.0. The van der Waals surface area contributed by atoms with E-state index < -0.39 is 0 Å². The Labute approximate surface area is 170 Å². The SMILES string of the molecule is Cc1nn(C)cc1C(=O)N1CCC(OCCc2noc(C3CCOCC3)n2)CC1. The van der Waals surface area contributed by atoms with Crippen molar-refractivity contribution < 1.29 is 18.8 Å². The molecule has 158 valence electrons. The minimum atomic E-state index is 0.0569. The van der Waals surface area contributed by atoms with E-state index in [0.29, 0.717) is 43.4 Å². The minimum Gasteiger partial charge on any atom is -0.381 e. The second-order valence-electron chi connectivity index (χ2n) is 7.85. The molecule has 2 aromatic rings. The number of carbonyl (C=O) groups is 1. The van der Waals surface area contributed by atoms with Crippen LogP contribution < -0.4 is 0 Å². The lowest BCUT2D eigenvalue weighted by Gasteiger charge is -2.31. The molecule has 29 heavy (non-hydrogen) atoms. The van der Waals surface area contributed by atoms with E-state index in [4.69, 9.17) is 14.0 Å². The Hall–Kier alpha value is -2.26. The van der Waals surface area contributed by atoms with Crippen LogP contribution in [0.3, 0.4) is 0 Å². The molecule has 0 aromatic carbocycles. The molecule has 0 aliphatic carbocycles. The topological polar surface area (TPSA) is 95.5 Å². The van der Waals surface area contributed by atoms with E-state index >= 15 is 0 Å². The molecule has 4 rings (SSSR count). The summed E-state index contributed by atoms with van der Waals surface area (Å²) in [7, 11) is 1.83. The van der Waals surface area contributed by atoms with Gasteiger partial charge in [0.05, 0.1) is 24.0 Å². The molecule has 2 aromatic heterocycles. The summed E-state index contributed by atoms with van der Waals surface area (Å²) in [6.07, 6.45) is 6.15. The van der Waals surface area contributed by atoms with Gasteiger partial charge in [-0.05, 0) is 32.6 Å². The average Bonchev–Trinajstić information content (AvgIpc) is 3.35. The predicted molar refractivity (Wildman–Crippen MR) is 104 cm³/mol. The third-order valence-corrected chi connectivity index (χ3v) is 5.71. The summed E-state index contributed by atoms with van der Waals surface area (Å²) in [5.41, 5.74) is 1.46. The fourth-order valence-electron chi connectivity index (χ4n) is 4.00. The van der Waals surface area contributed by atoms with Crippen LogP contribution in [-0.2, 0) is 22.9 Å². The number of likely N-dealkylation sites (tertiary alicyclic amines) is 1. The molecule has 0 radical (unpaired) electrons. The fourth-order valence-corrected chi connectivity index (χ4v) is 4.00. The molecular formula is C20H29N5O4. The molecule has 2 aliphatic rings. The van der Waals surface area contributed by atoms with Crippen molar-refractivity contribution in [2.75, 3.05) is 32.9 Å². The summed E-state index contributed by atoms with van der Waals surface area (Å²) in [5, 5.41) is 8.35. The van der Waals surface area contributed by atoms with Crippen molar-refractivity contribution in [3.63, 3.8) is 0 Å². The van der Waals surface area contributed by atoms with Gasteiger partial charge in [0.25, 0.3) is 5.91 Å². The number of rotatable bonds is 6. The second kappa shape index (κ2) is 9.04. The number of ether oxygens (including phenoxy) is 2. The highest BCUT2D eigenvalue weighted by Crippen LogP contribution is 2.25. The van der Waals surface area contributed by atoms with Crippen LogP contribution in [0.25, 0.3) is 0 Å². The van der Waals surface area contributed by atoms with Crippen LogP contribution in [0.1, 0.15) is 59.4 Å². The highest BCUT2D eigenvalue weighted by molar-refractivity contribution is 5.95. The number of nitrogens with zero attached hydrogens (tertiary/aromatic N) is 5.